The Hall–Kier alpha value is -0.0700. The van der Waals surface area contributed by atoms with Crippen molar-refractivity contribution < 1.29 is 9.46 Å². The molecule has 0 saturated heterocycles. The Labute approximate surface area is 99.6 Å². The van der Waals surface area contributed by atoms with Crippen LogP contribution >= 0.6 is 7.37 Å². The van der Waals surface area contributed by atoms with Gasteiger partial charge in [-0.1, -0.05) is 45.1 Å². The lowest BCUT2D eigenvalue weighted by molar-refractivity contribution is 0.473. The standard InChI is InChI=1S/C13H25O2P/c1-2-3-4-5-6-9-12-16(14,15)13-10-7-8-11-13/h9,12-13H,2-8,10-11H2,1H3,(H,14,15). The molecule has 1 rings (SSSR count). The number of rotatable bonds is 7. The van der Waals surface area contributed by atoms with Gasteiger partial charge < -0.3 is 4.89 Å². The maximum atomic E-state index is 12.0. The Balaban J connectivity index is 2.23. The SMILES string of the molecule is CCCCCCC=CP(=O)(O)C1CCCC1. The van der Waals surface area contributed by atoms with Gasteiger partial charge in [-0.25, -0.2) is 0 Å². The summed E-state index contributed by atoms with van der Waals surface area (Å²) in [5.74, 6) is 1.61. The van der Waals surface area contributed by atoms with Gasteiger partial charge in [0.15, 0.2) is 0 Å². The zero-order valence-electron chi connectivity index (χ0n) is 10.4. The third-order valence-corrected chi connectivity index (χ3v) is 5.59. The first-order valence-electron chi connectivity index (χ1n) is 6.66. The molecule has 0 spiro atoms. The highest BCUT2D eigenvalue weighted by molar-refractivity contribution is 7.62. The Morgan fingerprint density at radius 1 is 1.25 bits per heavy atom. The van der Waals surface area contributed by atoms with E-state index < -0.39 is 7.37 Å². The van der Waals surface area contributed by atoms with Crippen LogP contribution in [-0.2, 0) is 4.57 Å². The molecule has 1 N–H and O–H groups in total. The lowest BCUT2D eigenvalue weighted by atomic mass is 10.2. The average Bonchev–Trinajstić information content (AvgIpc) is 2.77. The molecule has 0 aromatic heterocycles. The molecule has 1 atom stereocenters. The van der Waals surface area contributed by atoms with Gasteiger partial charge in [0.1, 0.15) is 0 Å². The first kappa shape index (κ1) is 14.0. The normalized spacial score (nSPS) is 21.6. The van der Waals surface area contributed by atoms with Crippen molar-refractivity contribution in [2.24, 2.45) is 0 Å². The lowest BCUT2D eigenvalue weighted by Gasteiger charge is -2.13. The minimum atomic E-state index is -2.98. The van der Waals surface area contributed by atoms with Crippen molar-refractivity contribution in [3.63, 3.8) is 0 Å². The van der Waals surface area contributed by atoms with E-state index in [0.717, 1.165) is 38.5 Å². The Morgan fingerprint density at radius 2 is 1.94 bits per heavy atom. The minimum Gasteiger partial charge on any atom is -0.341 e. The molecule has 1 aliphatic carbocycles. The smallest absolute Gasteiger partial charge is 0.225 e. The van der Waals surface area contributed by atoms with E-state index in [1.54, 1.807) is 5.82 Å². The van der Waals surface area contributed by atoms with Crippen molar-refractivity contribution in [3.8, 4) is 0 Å². The second-order valence-corrected chi connectivity index (χ2v) is 7.22. The van der Waals surface area contributed by atoms with Crippen LogP contribution in [0.2, 0.25) is 0 Å². The van der Waals surface area contributed by atoms with E-state index in [1.807, 2.05) is 6.08 Å². The lowest BCUT2D eigenvalue weighted by Crippen LogP contribution is -1.99. The van der Waals surface area contributed by atoms with Crippen LogP contribution in [0.15, 0.2) is 11.9 Å². The second kappa shape index (κ2) is 7.29. The van der Waals surface area contributed by atoms with Crippen LogP contribution in [0.4, 0.5) is 0 Å². The first-order valence-corrected chi connectivity index (χ1v) is 8.46. The van der Waals surface area contributed by atoms with E-state index in [0.29, 0.717) is 0 Å². The summed E-state index contributed by atoms with van der Waals surface area (Å²) >= 11 is 0. The average molecular weight is 244 g/mol. The maximum absolute atomic E-state index is 12.0. The molecule has 0 heterocycles. The molecule has 1 aliphatic rings. The summed E-state index contributed by atoms with van der Waals surface area (Å²) in [7, 11) is -2.98. The van der Waals surface area contributed by atoms with E-state index in [1.165, 1.54) is 19.3 Å². The summed E-state index contributed by atoms with van der Waals surface area (Å²) in [6.07, 6.45) is 11.9. The fourth-order valence-electron chi connectivity index (χ4n) is 2.31. The van der Waals surface area contributed by atoms with E-state index in [-0.39, 0.29) is 5.66 Å². The Kier molecular flexibility index (Phi) is 6.38. The quantitative estimate of drug-likeness (QED) is 0.521. The molecule has 0 aromatic rings. The van der Waals surface area contributed by atoms with E-state index in [2.05, 4.69) is 6.92 Å². The van der Waals surface area contributed by atoms with Crippen LogP contribution in [0.3, 0.4) is 0 Å². The Bertz CT molecular complexity index is 255. The maximum Gasteiger partial charge on any atom is 0.225 e. The fraction of sp³-hybridized carbons (Fsp3) is 0.846. The molecule has 16 heavy (non-hydrogen) atoms. The second-order valence-electron chi connectivity index (χ2n) is 4.84. The highest BCUT2D eigenvalue weighted by atomic mass is 31.2. The van der Waals surface area contributed by atoms with Gasteiger partial charge >= 0.3 is 0 Å². The van der Waals surface area contributed by atoms with E-state index in [4.69, 9.17) is 0 Å². The number of unbranched alkanes of at least 4 members (excludes halogenated alkanes) is 4. The van der Waals surface area contributed by atoms with Gasteiger partial charge in [-0.2, -0.15) is 0 Å². The van der Waals surface area contributed by atoms with Crippen LogP contribution in [0.5, 0.6) is 0 Å². The fourth-order valence-corrected chi connectivity index (χ4v) is 4.11. The molecule has 1 unspecified atom stereocenters. The minimum absolute atomic E-state index is 0.0550. The van der Waals surface area contributed by atoms with Gasteiger partial charge in [0.2, 0.25) is 7.37 Å². The molecule has 0 bridgehead atoms. The summed E-state index contributed by atoms with van der Waals surface area (Å²) in [4.78, 5) is 9.89. The molecule has 1 fully saturated rings. The van der Waals surface area contributed by atoms with Crippen molar-refractivity contribution in [1.29, 1.82) is 0 Å². The molecule has 0 aromatic carbocycles. The zero-order valence-corrected chi connectivity index (χ0v) is 11.3. The van der Waals surface area contributed by atoms with Gasteiger partial charge in [-0.3, -0.25) is 4.57 Å². The third kappa shape index (κ3) is 4.84. The van der Waals surface area contributed by atoms with Crippen LogP contribution in [-0.4, -0.2) is 10.6 Å². The van der Waals surface area contributed by atoms with Gasteiger partial charge in [-0.15, -0.1) is 0 Å². The van der Waals surface area contributed by atoms with Gasteiger partial charge in [0, 0.05) is 5.66 Å². The van der Waals surface area contributed by atoms with Crippen molar-refractivity contribution in [1.82, 2.24) is 0 Å². The zero-order chi connectivity index (χ0) is 11.9. The van der Waals surface area contributed by atoms with E-state index in [9.17, 15) is 9.46 Å². The molecule has 0 radical (unpaired) electrons. The highest BCUT2D eigenvalue weighted by Crippen LogP contribution is 2.54. The van der Waals surface area contributed by atoms with Crippen molar-refractivity contribution >= 4 is 7.37 Å². The van der Waals surface area contributed by atoms with Gasteiger partial charge in [0.05, 0.1) is 0 Å². The summed E-state index contributed by atoms with van der Waals surface area (Å²) in [6.45, 7) is 2.19. The summed E-state index contributed by atoms with van der Waals surface area (Å²) in [6, 6.07) is 0. The van der Waals surface area contributed by atoms with Crippen molar-refractivity contribution in [2.45, 2.75) is 70.4 Å². The highest BCUT2D eigenvalue weighted by Gasteiger charge is 2.30. The molecule has 2 nitrogen and oxygen atoms in total. The van der Waals surface area contributed by atoms with Crippen molar-refractivity contribution in [2.75, 3.05) is 0 Å². The summed E-state index contributed by atoms with van der Waals surface area (Å²) in [5.41, 5.74) is 0.0550. The molecule has 3 heteroatoms. The third-order valence-electron chi connectivity index (χ3n) is 3.39. The van der Waals surface area contributed by atoms with Crippen LogP contribution < -0.4 is 0 Å². The molecule has 1 saturated carbocycles. The topological polar surface area (TPSA) is 37.3 Å². The largest absolute Gasteiger partial charge is 0.341 e. The van der Waals surface area contributed by atoms with Crippen LogP contribution in [0, 0.1) is 0 Å². The summed E-state index contributed by atoms with van der Waals surface area (Å²) in [5, 5.41) is 0. The Morgan fingerprint density at radius 3 is 2.56 bits per heavy atom. The predicted octanol–water partition coefficient (Wildman–Crippen LogP) is 4.68. The molecular formula is C13H25O2P. The molecule has 94 valence electrons. The number of allylic oxidation sites excluding steroid dienone is 1. The van der Waals surface area contributed by atoms with Crippen LogP contribution in [0.25, 0.3) is 0 Å². The number of hydrogen-bond acceptors (Lipinski definition) is 1. The van der Waals surface area contributed by atoms with Crippen molar-refractivity contribution in [3.05, 3.63) is 11.9 Å². The van der Waals surface area contributed by atoms with Crippen LogP contribution in [0.1, 0.15) is 64.7 Å². The van der Waals surface area contributed by atoms with Gasteiger partial charge in [0.25, 0.3) is 0 Å². The molecular weight excluding hydrogens is 219 g/mol. The van der Waals surface area contributed by atoms with E-state index >= 15 is 0 Å². The summed E-state index contributed by atoms with van der Waals surface area (Å²) < 4.78 is 12.0. The predicted molar refractivity (Wildman–Crippen MR) is 70.0 cm³/mol. The van der Waals surface area contributed by atoms with Gasteiger partial charge in [-0.05, 0) is 31.5 Å². The molecule has 0 amide bonds. The first-order chi connectivity index (χ1) is 7.67. The monoisotopic (exact) mass is 244 g/mol. The molecule has 0 aliphatic heterocycles. The number of hydrogen-bond donors (Lipinski definition) is 1.